The molecule has 2 fully saturated rings. The Morgan fingerprint density at radius 2 is 1.91 bits per heavy atom. The first kappa shape index (κ1) is 15.5. The zero-order valence-electron chi connectivity index (χ0n) is 13.4. The molecule has 4 heteroatoms. The number of aliphatic hydroxyl groups is 1. The number of amides is 1. The molecule has 0 aromatic heterocycles. The number of rotatable bonds is 4. The molecule has 2 aliphatic rings. The van der Waals surface area contributed by atoms with E-state index in [-0.39, 0.29) is 12.0 Å². The smallest absolute Gasteiger partial charge is 0.253 e. The van der Waals surface area contributed by atoms with Gasteiger partial charge in [-0.15, -0.1) is 0 Å². The Kier molecular flexibility index (Phi) is 4.79. The van der Waals surface area contributed by atoms with Crippen LogP contribution >= 0.6 is 0 Å². The van der Waals surface area contributed by atoms with E-state index in [9.17, 15) is 9.90 Å². The van der Waals surface area contributed by atoms with Crippen molar-refractivity contribution >= 4 is 5.91 Å². The van der Waals surface area contributed by atoms with Gasteiger partial charge >= 0.3 is 0 Å². The number of nitrogens with zero attached hydrogens (tertiary/aromatic N) is 2. The number of hydrogen-bond acceptors (Lipinski definition) is 3. The lowest BCUT2D eigenvalue weighted by Gasteiger charge is -2.18. The number of carbonyl (C=O) groups excluding carboxylic acids is 1. The second-order valence-electron chi connectivity index (χ2n) is 6.72. The third-order valence-electron chi connectivity index (χ3n) is 4.99. The number of hydrogen-bond donors (Lipinski definition) is 1. The minimum absolute atomic E-state index is 0.166. The molecule has 3 rings (SSSR count). The number of carbonyl (C=O) groups is 1. The van der Waals surface area contributed by atoms with Gasteiger partial charge in [0.2, 0.25) is 0 Å². The van der Waals surface area contributed by atoms with E-state index in [1.165, 1.54) is 5.56 Å². The Bertz CT molecular complexity index is 506. The average molecular weight is 302 g/mol. The Morgan fingerprint density at radius 1 is 1.23 bits per heavy atom. The predicted molar refractivity (Wildman–Crippen MR) is 86.6 cm³/mol. The number of benzene rings is 1. The lowest BCUT2D eigenvalue weighted by Crippen LogP contribution is -2.27. The van der Waals surface area contributed by atoms with Gasteiger partial charge in [-0.3, -0.25) is 9.69 Å². The van der Waals surface area contributed by atoms with Crippen LogP contribution in [0.5, 0.6) is 0 Å². The van der Waals surface area contributed by atoms with E-state index in [2.05, 4.69) is 17.0 Å². The maximum absolute atomic E-state index is 12.3. The molecular weight excluding hydrogens is 276 g/mol. The molecule has 4 nitrogen and oxygen atoms in total. The van der Waals surface area contributed by atoms with Crippen molar-refractivity contribution in [1.82, 2.24) is 9.80 Å². The molecule has 2 heterocycles. The van der Waals surface area contributed by atoms with Crippen molar-refractivity contribution in [2.45, 2.75) is 38.8 Å². The normalized spacial score (nSPS) is 23.9. The molecule has 0 saturated carbocycles. The largest absolute Gasteiger partial charge is 0.393 e. The third-order valence-corrected chi connectivity index (χ3v) is 4.99. The highest BCUT2D eigenvalue weighted by Gasteiger charge is 2.26. The van der Waals surface area contributed by atoms with E-state index < -0.39 is 0 Å². The third kappa shape index (κ3) is 3.50. The van der Waals surface area contributed by atoms with E-state index in [0.29, 0.717) is 5.92 Å². The highest BCUT2D eigenvalue weighted by Crippen LogP contribution is 2.22. The summed E-state index contributed by atoms with van der Waals surface area (Å²) in [6, 6.07) is 8.05. The minimum atomic E-state index is -0.217. The molecule has 1 amide bonds. The molecule has 2 aliphatic heterocycles. The Balaban J connectivity index is 1.56. The summed E-state index contributed by atoms with van der Waals surface area (Å²) in [5.41, 5.74) is 2.04. The van der Waals surface area contributed by atoms with Crippen molar-refractivity contribution in [3.8, 4) is 0 Å². The van der Waals surface area contributed by atoms with Crippen molar-refractivity contribution in [2.24, 2.45) is 5.92 Å². The molecule has 120 valence electrons. The van der Waals surface area contributed by atoms with Gasteiger partial charge < -0.3 is 10.0 Å². The second-order valence-corrected chi connectivity index (χ2v) is 6.72. The van der Waals surface area contributed by atoms with Gasteiger partial charge in [0.1, 0.15) is 0 Å². The molecule has 0 radical (unpaired) electrons. The van der Waals surface area contributed by atoms with E-state index in [1.807, 2.05) is 24.0 Å². The van der Waals surface area contributed by atoms with Crippen LogP contribution in [0.2, 0.25) is 0 Å². The minimum Gasteiger partial charge on any atom is -0.393 e. The monoisotopic (exact) mass is 302 g/mol. The fourth-order valence-corrected chi connectivity index (χ4v) is 3.51. The van der Waals surface area contributed by atoms with Gasteiger partial charge in [0, 0.05) is 31.7 Å². The van der Waals surface area contributed by atoms with Gasteiger partial charge in [-0.1, -0.05) is 12.1 Å². The second kappa shape index (κ2) is 6.80. The van der Waals surface area contributed by atoms with Crippen LogP contribution in [0, 0.1) is 5.92 Å². The average Bonchev–Trinajstić information content (AvgIpc) is 3.19. The topological polar surface area (TPSA) is 43.8 Å². The molecule has 2 saturated heterocycles. The van der Waals surface area contributed by atoms with Gasteiger partial charge in [0.15, 0.2) is 0 Å². The molecule has 0 bridgehead atoms. The fourth-order valence-electron chi connectivity index (χ4n) is 3.51. The number of likely N-dealkylation sites (tertiary alicyclic amines) is 2. The van der Waals surface area contributed by atoms with Crippen LogP contribution in [0.25, 0.3) is 0 Å². The first-order valence-corrected chi connectivity index (χ1v) is 8.42. The summed E-state index contributed by atoms with van der Waals surface area (Å²) in [7, 11) is 0. The lowest BCUT2D eigenvalue weighted by molar-refractivity contribution is 0.0792. The van der Waals surface area contributed by atoms with Crippen molar-refractivity contribution in [3.05, 3.63) is 35.4 Å². The van der Waals surface area contributed by atoms with Crippen molar-refractivity contribution in [1.29, 1.82) is 0 Å². The predicted octanol–water partition coefficient (Wildman–Crippen LogP) is 2.13. The van der Waals surface area contributed by atoms with Gasteiger partial charge in [-0.05, 0) is 56.3 Å². The van der Waals surface area contributed by atoms with Crippen molar-refractivity contribution < 1.29 is 9.90 Å². The quantitative estimate of drug-likeness (QED) is 0.926. The molecule has 0 aliphatic carbocycles. The van der Waals surface area contributed by atoms with Crippen LogP contribution in [0.1, 0.15) is 42.1 Å². The zero-order valence-corrected chi connectivity index (χ0v) is 13.4. The van der Waals surface area contributed by atoms with Crippen LogP contribution in [0.4, 0.5) is 0 Å². The van der Waals surface area contributed by atoms with Gasteiger partial charge in [-0.2, -0.15) is 0 Å². The van der Waals surface area contributed by atoms with Crippen molar-refractivity contribution in [3.63, 3.8) is 0 Å². The molecule has 1 N–H and O–H groups in total. The molecule has 2 atom stereocenters. The van der Waals surface area contributed by atoms with Gasteiger partial charge in [0.25, 0.3) is 5.91 Å². The van der Waals surface area contributed by atoms with Crippen LogP contribution in [0.15, 0.2) is 24.3 Å². The highest BCUT2D eigenvalue weighted by molar-refractivity contribution is 5.94. The Hall–Kier alpha value is -1.39. The van der Waals surface area contributed by atoms with Crippen LogP contribution < -0.4 is 0 Å². The zero-order chi connectivity index (χ0) is 15.5. The van der Waals surface area contributed by atoms with Crippen LogP contribution in [0.3, 0.4) is 0 Å². The van der Waals surface area contributed by atoms with Crippen LogP contribution in [-0.4, -0.2) is 53.1 Å². The first-order chi connectivity index (χ1) is 10.6. The molecule has 0 spiro atoms. The lowest BCUT2D eigenvalue weighted by atomic mass is 10.0. The summed E-state index contributed by atoms with van der Waals surface area (Å²) < 4.78 is 0. The van der Waals surface area contributed by atoms with Crippen LogP contribution in [-0.2, 0) is 6.54 Å². The fraction of sp³-hybridized carbons (Fsp3) is 0.611. The maximum atomic E-state index is 12.3. The summed E-state index contributed by atoms with van der Waals surface area (Å²) in [5, 5.41) is 9.67. The van der Waals surface area contributed by atoms with E-state index in [4.69, 9.17) is 0 Å². The maximum Gasteiger partial charge on any atom is 0.253 e. The summed E-state index contributed by atoms with van der Waals surface area (Å²) in [6.45, 7) is 6.59. The molecule has 22 heavy (non-hydrogen) atoms. The molecule has 1 aromatic carbocycles. The van der Waals surface area contributed by atoms with Gasteiger partial charge in [0.05, 0.1) is 6.10 Å². The Labute approximate surface area is 132 Å². The van der Waals surface area contributed by atoms with E-state index in [0.717, 1.165) is 57.5 Å². The standard InChI is InChI=1S/C18H26N2O2/c1-14(21)17-8-11-19(13-17)12-15-4-6-16(7-5-15)18(22)20-9-2-3-10-20/h4-7,14,17,21H,2-3,8-13H2,1H3. The SMILES string of the molecule is CC(O)C1CCN(Cc2ccc(C(=O)N3CCCC3)cc2)C1. The van der Waals surface area contributed by atoms with Gasteiger partial charge in [-0.25, -0.2) is 0 Å². The molecule has 2 unspecified atom stereocenters. The molecule has 1 aromatic rings. The van der Waals surface area contributed by atoms with Crippen molar-refractivity contribution in [2.75, 3.05) is 26.2 Å². The summed E-state index contributed by atoms with van der Waals surface area (Å²) >= 11 is 0. The van der Waals surface area contributed by atoms with E-state index in [1.54, 1.807) is 0 Å². The highest BCUT2D eigenvalue weighted by atomic mass is 16.3. The molecular formula is C18H26N2O2. The Morgan fingerprint density at radius 3 is 2.50 bits per heavy atom. The van der Waals surface area contributed by atoms with E-state index >= 15 is 0 Å². The summed E-state index contributed by atoms with van der Waals surface area (Å²) in [6.07, 6.45) is 3.11. The first-order valence-electron chi connectivity index (χ1n) is 8.42. The number of aliphatic hydroxyl groups excluding tert-OH is 1. The summed E-state index contributed by atoms with van der Waals surface area (Å²) in [4.78, 5) is 16.6. The summed E-state index contributed by atoms with van der Waals surface area (Å²) in [5.74, 6) is 0.565.